The van der Waals surface area contributed by atoms with Gasteiger partial charge in [0, 0.05) is 5.69 Å². The number of aryl methyl sites for hydroxylation is 1. The van der Waals surface area contributed by atoms with Gasteiger partial charge in [-0.25, -0.2) is 0 Å². The SMILES string of the molecule is COc1ccc(NC(C)c2nc(C)no2)cc1. The monoisotopic (exact) mass is 233 g/mol. The number of ether oxygens (including phenoxy) is 1. The van der Waals surface area contributed by atoms with Gasteiger partial charge in [-0.2, -0.15) is 4.98 Å². The van der Waals surface area contributed by atoms with E-state index in [9.17, 15) is 0 Å². The van der Waals surface area contributed by atoms with Crippen LogP contribution in [0.2, 0.25) is 0 Å². The Hall–Kier alpha value is -2.04. The van der Waals surface area contributed by atoms with Crippen LogP contribution in [0.5, 0.6) is 5.75 Å². The summed E-state index contributed by atoms with van der Waals surface area (Å²) in [6.07, 6.45) is 0. The van der Waals surface area contributed by atoms with Crippen LogP contribution in [0.1, 0.15) is 24.7 Å². The van der Waals surface area contributed by atoms with Crippen LogP contribution >= 0.6 is 0 Å². The fourth-order valence-corrected chi connectivity index (χ4v) is 1.49. The predicted octanol–water partition coefficient (Wildman–Crippen LogP) is 2.56. The standard InChI is InChI=1S/C12H15N3O2/c1-8(12-14-9(2)15-17-12)13-10-4-6-11(16-3)7-5-10/h4-8,13H,1-3H3. The Morgan fingerprint density at radius 3 is 2.53 bits per heavy atom. The summed E-state index contributed by atoms with van der Waals surface area (Å²) < 4.78 is 10.2. The summed E-state index contributed by atoms with van der Waals surface area (Å²) in [7, 11) is 1.65. The van der Waals surface area contributed by atoms with E-state index in [1.165, 1.54) is 0 Å². The second-order valence-electron chi connectivity index (χ2n) is 3.77. The zero-order valence-corrected chi connectivity index (χ0v) is 10.1. The van der Waals surface area contributed by atoms with Gasteiger partial charge in [-0.3, -0.25) is 0 Å². The molecule has 5 heteroatoms. The Morgan fingerprint density at radius 2 is 2.00 bits per heavy atom. The summed E-state index contributed by atoms with van der Waals surface area (Å²) in [6.45, 7) is 3.77. The highest BCUT2D eigenvalue weighted by atomic mass is 16.5. The number of rotatable bonds is 4. The van der Waals surface area contributed by atoms with Crippen molar-refractivity contribution in [1.82, 2.24) is 10.1 Å². The Morgan fingerprint density at radius 1 is 1.29 bits per heavy atom. The molecule has 2 rings (SSSR count). The molecule has 0 saturated heterocycles. The molecule has 0 amide bonds. The van der Waals surface area contributed by atoms with Crippen molar-refractivity contribution in [3.05, 3.63) is 36.0 Å². The van der Waals surface area contributed by atoms with Gasteiger partial charge in [0.25, 0.3) is 0 Å². The summed E-state index contributed by atoms with van der Waals surface area (Å²) in [4.78, 5) is 4.18. The molecule has 0 fully saturated rings. The first-order valence-electron chi connectivity index (χ1n) is 5.40. The molecule has 1 atom stereocenters. The molecule has 1 aromatic carbocycles. The van der Waals surface area contributed by atoms with Gasteiger partial charge in [0.05, 0.1) is 7.11 Å². The van der Waals surface area contributed by atoms with Gasteiger partial charge in [0.15, 0.2) is 5.82 Å². The molecule has 0 spiro atoms. The lowest BCUT2D eigenvalue weighted by Gasteiger charge is -2.11. The van der Waals surface area contributed by atoms with Crippen LogP contribution in [0, 0.1) is 6.92 Å². The maximum atomic E-state index is 5.09. The van der Waals surface area contributed by atoms with Crippen molar-refractivity contribution in [3.63, 3.8) is 0 Å². The van der Waals surface area contributed by atoms with E-state index in [1.54, 1.807) is 14.0 Å². The van der Waals surface area contributed by atoms with E-state index in [0.29, 0.717) is 11.7 Å². The molecule has 90 valence electrons. The van der Waals surface area contributed by atoms with Crippen molar-refractivity contribution in [2.75, 3.05) is 12.4 Å². The van der Waals surface area contributed by atoms with Crippen LogP contribution in [0.25, 0.3) is 0 Å². The summed E-state index contributed by atoms with van der Waals surface area (Å²) in [6, 6.07) is 7.66. The number of hydrogen-bond donors (Lipinski definition) is 1. The summed E-state index contributed by atoms with van der Waals surface area (Å²) in [5.74, 6) is 2.05. The van der Waals surface area contributed by atoms with Crippen molar-refractivity contribution in [3.8, 4) is 5.75 Å². The molecule has 1 N–H and O–H groups in total. The van der Waals surface area contributed by atoms with E-state index in [1.807, 2.05) is 31.2 Å². The average Bonchev–Trinajstić information content (AvgIpc) is 2.77. The first-order chi connectivity index (χ1) is 8.19. The lowest BCUT2D eigenvalue weighted by molar-refractivity contribution is 0.364. The zero-order valence-electron chi connectivity index (χ0n) is 10.1. The van der Waals surface area contributed by atoms with Crippen molar-refractivity contribution in [2.24, 2.45) is 0 Å². The molecule has 1 unspecified atom stereocenters. The lowest BCUT2D eigenvalue weighted by Crippen LogP contribution is -2.06. The predicted molar refractivity (Wildman–Crippen MR) is 64.1 cm³/mol. The van der Waals surface area contributed by atoms with Crippen molar-refractivity contribution in [2.45, 2.75) is 19.9 Å². The number of benzene rings is 1. The molecule has 5 nitrogen and oxygen atoms in total. The van der Waals surface area contributed by atoms with Crippen LogP contribution in [-0.4, -0.2) is 17.3 Å². The first-order valence-corrected chi connectivity index (χ1v) is 5.40. The molecule has 0 aliphatic heterocycles. The number of methoxy groups -OCH3 is 1. The Labute approximate surface area is 99.8 Å². The molecule has 17 heavy (non-hydrogen) atoms. The number of nitrogens with zero attached hydrogens (tertiary/aromatic N) is 2. The largest absolute Gasteiger partial charge is 0.497 e. The number of aromatic nitrogens is 2. The van der Waals surface area contributed by atoms with Crippen LogP contribution < -0.4 is 10.1 Å². The van der Waals surface area contributed by atoms with Gasteiger partial charge in [-0.15, -0.1) is 0 Å². The van der Waals surface area contributed by atoms with E-state index in [-0.39, 0.29) is 6.04 Å². The van der Waals surface area contributed by atoms with Gasteiger partial charge in [-0.1, -0.05) is 5.16 Å². The van der Waals surface area contributed by atoms with E-state index >= 15 is 0 Å². The van der Waals surface area contributed by atoms with E-state index in [4.69, 9.17) is 9.26 Å². The molecule has 0 saturated carbocycles. The maximum absolute atomic E-state index is 5.09. The third-order valence-electron chi connectivity index (χ3n) is 2.39. The molecule has 0 bridgehead atoms. The topological polar surface area (TPSA) is 60.2 Å². The fraction of sp³-hybridized carbons (Fsp3) is 0.333. The normalized spacial score (nSPS) is 12.2. The fourth-order valence-electron chi connectivity index (χ4n) is 1.49. The molecule has 1 aromatic heterocycles. The molecule has 1 heterocycles. The van der Waals surface area contributed by atoms with Gasteiger partial charge >= 0.3 is 0 Å². The molecule has 0 aliphatic rings. The highest BCUT2D eigenvalue weighted by Gasteiger charge is 2.12. The minimum absolute atomic E-state index is 0.0235. The van der Waals surface area contributed by atoms with Crippen LogP contribution in [0.4, 0.5) is 5.69 Å². The minimum Gasteiger partial charge on any atom is -0.497 e. The second kappa shape index (κ2) is 4.86. The van der Waals surface area contributed by atoms with Crippen molar-refractivity contribution < 1.29 is 9.26 Å². The van der Waals surface area contributed by atoms with E-state index in [0.717, 1.165) is 11.4 Å². The minimum atomic E-state index is -0.0235. The summed E-state index contributed by atoms with van der Waals surface area (Å²) >= 11 is 0. The number of hydrogen-bond acceptors (Lipinski definition) is 5. The quantitative estimate of drug-likeness (QED) is 0.879. The van der Waals surface area contributed by atoms with Gasteiger partial charge in [0.2, 0.25) is 5.89 Å². The Bertz CT molecular complexity index is 479. The molecular weight excluding hydrogens is 218 g/mol. The second-order valence-corrected chi connectivity index (χ2v) is 3.77. The van der Waals surface area contributed by atoms with Gasteiger partial charge < -0.3 is 14.6 Å². The van der Waals surface area contributed by atoms with E-state index in [2.05, 4.69) is 15.5 Å². The third kappa shape index (κ3) is 2.75. The first kappa shape index (κ1) is 11.4. The number of nitrogens with one attached hydrogen (secondary N) is 1. The highest BCUT2D eigenvalue weighted by Crippen LogP contribution is 2.20. The van der Waals surface area contributed by atoms with Crippen molar-refractivity contribution in [1.29, 1.82) is 0 Å². The van der Waals surface area contributed by atoms with Gasteiger partial charge in [-0.05, 0) is 38.1 Å². The average molecular weight is 233 g/mol. The number of anilines is 1. The van der Waals surface area contributed by atoms with Crippen LogP contribution in [0.3, 0.4) is 0 Å². The zero-order chi connectivity index (χ0) is 12.3. The van der Waals surface area contributed by atoms with Crippen LogP contribution in [-0.2, 0) is 0 Å². The summed E-state index contributed by atoms with van der Waals surface area (Å²) in [5.41, 5.74) is 0.981. The van der Waals surface area contributed by atoms with E-state index < -0.39 is 0 Å². The lowest BCUT2D eigenvalue weighted by atomic mass is 10.2. The Balaban J connectivity index is 2.04. The highest BCUT2D eigenvalue weighted by molar-refractivity contribution is 5.47. The molecule has 2 aromatic rings. The summed E-state index contributed by atoms with van der Waals surface area (Å²) in [5, 5.41) is 7.03. The third-order valence-corrected chi connectivity index (χ3v) is 2.39. The molecular formula is C12H15N3O2. The maximum Gasteiger partial charge on any atom is 0.248 e. The Kier molecular flexibility index (Phi) is 3.27. The smallest absolute Gasteiger partial charge is 0.248 e. The molecule has 0 radical (unpaired) electrons. The molecule has 0 aliphatic carbocycles. The van der Waals surface area contributed by atoms with Crippen LogP contribution in [0.15, 0.2) is 28.8 Å². The van der Waals surface area contributed by atoms with Gasteiger partial charge in [0.1, 0.15) is 11.8 Å². The van der Waals surface area contributed by atoms with Crippen molar-refractivity contribution >= 4 is 5.69 Å².